The Kier molecular flexibility index (Phi) is 4.31. The summed E-state index contributed by atoms with van der Waals surface area (Å²) in [6.45, 7) is 5.08. The van der Waals surface area contributed by atoms with Crippen LogP contribution >= 0.6 is 11.3 Å². The van der Waals surface area contributed by atoms with E-state index in [1.165, 1.54) is 6.92 Å². The topological polar surface area (TPSA) is 74.8 Å². The number of aromatic amines is 1. The van der Waals surface area contributed by atoms with Gasteiger partial charge in [0.25, 0.3) is 5.91 Å². The van der Waals surface area contributed by atoms with Crippen LogP contribution in [0.3, 0.4) is 0 Å². The molecule has 0 radical (unpaired) electrons. The van der Waals surface area contributed by atoms with Gasteiger partial charge in [-0.1, -0.05) is 0 Å². The summed E-state index contributed by atoms with van der Waals surface area (Å²) < 4.78 is 0. The quantitative estimate of drug-likeness (QED) is 0.699. The van der Waals surface area contributed by atoms with Crippen molar-refractivity contribution in [1.29, 1.82) is 0 Å². The molecule has 3 aromatic rings. The smallest absolute Gasteiger partial charge is 0.272 e. The number of benzene rings is 1. The van der Waals surface area contributed by atoms with Crippen molar-refractivity contribution in [1.82, 2.24) is 9.97 Å². The minimum atomic E-state index is -0.259. The van der Waals surface area contributed by atoms with Crippen LogP contribution in [0.2, 0.25) is 0 Å². The van der Waals surface area contributed by atoms with Gasteiger partial charge < -0.3 is 10.3 Å². The predicted octanol–water partition coefficient (Wildman–Crippen LogP) is 4.21. The molecule has 0 aliphatic heterocycles. The lowest BCUT2D eigenvalue weighted by atomic mass is 10.1. The number of carbonyl (C=O) groups excluding carboxylic acids is 2. The highest BCUT2D eigenvalue weighted by Gasteiger charge is 2.19. The highest BCUT2D eigenvalue weighted by Crippen LogP contribution is 2.24. The summed E-state index contributed by atoms with van der Waals surface area (Å²) in [6.07, 6.45) is 1.76. The van der Waals surface area contributed by atoms with E-state index in [1.54, 1.807) is 31.4 Å². The maximum absolute atomic E-state index is 12.5. The van der Waals surface area contributed by atoms with E-state index in [0.717, 1.165) is 10.6 Å². The van der Waals surface area contributed by atoms with Gasteiger partial charge >= 0.3 is 0 Å². The highest BCUT2D eigenvalue weighted by atomic mass is 32.1. The molecule has 0 spiro atoms. The van der Waals surface area contributed by atoms with Crippen molar-refractivity contribution < 1.29 is 9.59 Å². The number of aromatic nitrogens is 2. The number of thiazole rings is 1. The van der Waals surface area contributed by atoms with Gasteiger partial charge in [0, 0.05) is 34.1 Å². The molecule has 6 heteroatoms. The van der Waals surface area contributed by atoms with Crippen molar-refractivity contribution in [3.05, 3.63) is 58.4 Å². The van der Waals surface area contributed by atoms with Crippen LogP contribution in [0.4, 0.5) is 5.69 Å². The number of Topliss-reactive ketones (excluding diaryl/α,β-unsaturated/α-hetero) is 1. The van der Waals surface area contributed by atoms with Crippen LogP contribution in [0.1, 0.15) is 39.0 Å². The molecule has 1 amide bonds. The summed E-state index contributed by atoms with van der Waals surface area (Å²) in [6, 6.07) is 7.52. The second-order valence-corrected chi connectivity index (χ2v) is 6.44. The van der Waals surface area contributed by atoms with Gasteiger partial charge in [-0.2, -0.15) is 0 Å². The van der Waals surface area contributed by atoms with Gasteiger partial charge in [-0.25, -0.2) is 4.98 Å². The first-order valence-corrected chi connectivity index (χ1v) is 8.36. The van der Waals surface area contributed by atoms with Gasteiger partial charge in [0.1, 0.15) is 10.7 Å². The molecular formula is C18H17N3O2S. The number of aryl methyl sites for hydroxylation is 1. The predicted molar refractivity (Wildman–Crippen MR) is 95.8 cm³/mol. The zero-order valence-electron chi connectivity index (χ0n) is 13.6. The van der Waals surface area contributed by atoms with Gasteiger partial charge in [0.05, 0.1) is 0 Å². The van der Waals surface area contributed by atoms with E-state index in [-0.39, 0.29) is 11.7 Å². The summed E-state index contributed by atoms with van der Waals surface area (Å²) in [7, 11) is 0. The van der Waals surface area contributed by atoms with Crippen LogP contribution in [-0.2, 0) is 0 Å². The highest BCUT2D eigenvalue weighted by molar-refractivity contribution is 7.13. The fourth-order valence-electron chi connectivity index (χ4n) is 2.76. The molecular weight excluding hydrogens is 322 g/mol. The molecule has 0 fully saturated rings. The average Bonchev–Trinajstić information content (AvgIpc) is 3.16. The molecule has 0 saturated carbocycles. The molecule has 0 aliphatic rings. The second-order valence-electron chi connectivity index (χ2n) is 5.55. The van der Waals surface area contributed by atoms with Crippen LogP contribution in [0.25, 0.3) is 10.6 Å². The number of rotatable bonds is 4. The Balaban J connectivity index is 1.80. The minimum absolute atomic E-state index is 0.0481. The Bertz CT molecular complexity index is 893. The van der Waals surface area contributed by atoms with Gasteiger partial charge in [-0.15, -0.1) is 11.3 Å². The lowest BCUT2D eigenvalue weighted by molar-refractivity contribution is 0.101. The number of nitrogens with zero attached hydrogens (tertiary/aromatic N) is 1. The first-order valence-electron chi connectivity index (χ1n) is 7.48. The van der Waals surface area contributed by atoms with Gasteiger partial charge in [0.2, 0.25) is 0 Å². The molecule has 122 valence electrons. The van der Waals surface area contributed by atoms with Gasteiger partial charge in [0.15, 0.2) is 5.78 Å². The number of amides is 1. The summed E-state index contributed by atoms with van der Waals surface area (Å²) in [5.74, 6) is -0.307. The molecule has 0 bridgehead atoms. The normalized spacial score (nSPS) is 10.6. The van der Waals surface area contributed by atoms with Gasteiger partial charge in [-0.05, 0) is 50.6 Å². The minimum Gasteiger partial charge on any atom is -0.354 e. The molecule has 0 unspecified atom stereocenters. The van der Waals surface area contributed by atoms with E-state index in [1.807, 2.05) is 29.6 Å². The first-order chi connectivity index (χ1) is 11.5. The Labute approximate surface area is 143 Å². The zero-order chi connectivity index (χ0) is 17.3. The summed E-state index contributed by atoms with van der Waals surface area (Å²) in [4.78, 5) is 31.4. The third-order valence-electron chi connectivity index (χ3n) is 3.84. The standard InChI is InChI=1S/C18H17N3O2S/c1-10-15(12(3)22)11(2)20-16(10)17(23)21-14-6-4-13(5-7-14)18-19-8-9-24-18/h4-9,20H,1-3H3,(H,21,23). The Morgan fingerprint density at radius 1 is 1.17 bits per heavy atom. The van der Waals surface area contributed by atoms with Crippen LogP contribution in [0.5, 0.6) is 0 Å². The zero-order valence-corrected chi connectivity index (χ0v) is 14.5. The monoisotopic (exact) mass is 339 g/mol. The largest absolute Gasteiger partial charge is 0.354 e. The number of hydrogen-bond donors (Lipinski definition) is 2. The van der Waals surface area contributed by atoms with Crippen LogP contribution < -0.4 is 5.32 Å². The fraction of sp³-hybridized carbons (Fsp3) is 0.167. The Morgan fingerprint density at radius 3 is 2.42 bits per heavy atom. The fourth-order valence-corrected chi connectivity index (χ4v) is 3.41. The Hall–Kier alpha value is -2.73. The Morgan fingerprint density at radius 2 is 1.88 bits per heavy atom. The molecule has 1 aromatic carbocycles. The molecule has 0 atom stereocenters. The van der Waals surface area contributed by atoms with Crippen LogP contribution in [0.15, 0.2) is 35.8 Å². The maximum atomic E-state index is 12.5. The number of nitrogens with one attached hydrogen (secondary N) is 2. The van der Waals surface area contributed by atoms with E-state index in [9.17, 15) is 9.59 Å². The van der Waals surface area contributed by atoms with E-state index in [0.29, 0.717) is 28.2 Å². The van der Waals surface area contributed by atoms with Crippen molar-refractivity contribution in [2.45, 2.75) is 20.8 Å². The van der Waals surface area contributed by atoms with E-state index < -0.39 is 0 Å². The number of carbonyl (C=O) groups is 2. The second kappa shape index (κ2) is 6.41. The molecule has 5 nitrogen and oxygen atoms in total. The molecule has 0 saturated heterocycles. The van der Waals surface area contributed by atoms with E-state index >= 15 is 0 Å². The lowest BCUT2D eigenvalue weighted by Crippen LogP contribution is -2.13. The molecule has 0 aliphatic carbocycles. The van der Waals surface area contributed by atoms with Crippen molar-refractivity contribution in [2.75, 3.05) is 5.32 Å². The third kappa shape index (κ3) is 3.00. The van der Waals surface area contributed by atoms with E-state index in [4.69, 9.17) is 0 Å². The summed E-state index contributed by atoms with van der Waals surface area (Å²) >= 11 is 1.57. The molecule has 2 heterocycles. The number of hydrogen-bond acceptors (Lipinski definition) is 4. The SMILES string of the molecule is CC(=O)c1c(C)[nH]c(C(=O)Nc2ccc(-c3nccs3)cc2)c1C. The number of H-pyrrole nitrogens is 1. The third-order valence-corrected chi connectivity index (χ3v) is 4.66. The van der Waals surface area contributed by atoms with E-state index in [2.05, 4.69) is 15.3 Å². The van der Waals surface area contributed by atoms with Crippen molar-refractivity contribution in [3.8, 4) is 10.6 Å². The van der Waals surface area contributed by atoms with Crippen molar-refractivity contribution >= 4 is 28.7 Å². The van der Waals surface area contributed by atoms with Crippen LogP contribution in [-0.4, -0.2) is 21.7 Å². The molecule has 3 rings (SSSR count). The maximum Gasteiger partial charge on any atom is 0.272 e. The van der Waals surface area contributed by atoms with Crippen LogP contribution in [0, 0.1) is 13.8 Å². The number of anilines is 1. The first kappa shape index (κ1) is 16.1. The van der Waals surface area contributed by atoms with Gasteiger partial charge in [-0.3, -0.25) is 9.59 Å². The number of ketones is 1. The average molecular weight is 339 g/mol. The summed E-state index contributed by atoms with van der Waals surface area (Å²) in [5, 5.41) is 5.72. The molecule has 2 aromatic heterocycles. The molecule has 24 heavy (non-hydrogen) atoms. The lowest BCUT2D eigenvalue weighted by Gasteiger charge is -2.06. The van der Waals surface area contributed by atoms with Crippen molar-refractivity contribution in [2.24, 2.45) is 0 Å². The molecule has 2 N–H and O–H groups in total. The van der Waals surface area contributed by atoms with Crippen molar-refractivity contribution in [3.63, 3.8) is 0 Å². The summed E-state index contributed by atoms with van der Waals surface area (Å²) in [5.41, 5.74) is 4.09.